The Labute approximate surface area is 138 Å². The molecule has 2 aromatic rings. The summed E-state index contributed by atoms with van der Waals surface area (Å²) in [5.74, 6) is -0.124. The molecule has 4 nitrogen and oxygen atoms in total. The van der Waals surface area contributed by atoms with Gasteiger partial charge in [0.05, 0.1) is 17.4 Å². The number of pyridine rings is 1. The molecule has 0 bridgehead atoms. The van der Waals surface area contributed by atoms with Crippen molar-refractivity contribution in [1.82, 2.24) is 4.98 Å². The molecule has 1 N–H and O–H groups in total. The van der Waals surface area contributed by atoms with Gasteiger partial charge in [-0.3, -0.25) is 9.78 Å². The minimum atomic E-state index is -0.124. The van der Waals surface area contributed by atoms with E-state index in [-0.39, 0.29) is 5.91 Å². The summed E-state index contributed by atoms with van der Waals surface area (Å²) in [4.78, 5) is 19.0. The molecular weight excluding hydrogens is 286 g/mol. The van der Waals surface area contributed by atoms with Crippen molar-refractivity contribution in [2.75, 3.05) is 23.3 Å². The highest BCUT2D eigenvalue weighted by Gasteiger charge is 2.12. The van der Waals surface area contributed by atoms with Crippen LogP contribution in [-0.2, 0) is 0 Å². The van der Waals surface area contributed by atoms with Gasteiger partial charge in [0.15, 0.2) is 0 Å². The first-order chi connectivity index (χ1) is 11.0. The number of anilines is 2. The summed E-state index contributed by atoms with van der Waals surface area (Å²) in [5.41, 5.74) is 5.78. The van der Waals surface area contributed by atoms with Gasteiger partial charge in [0, 0.05) is 25.0 Å². The molecule has 1 amide bonds. The average Bonchev–Trinajstić information content (AvgIpc) is 2.52. The van der Waals surface area contributed by atoms with Gasteiger partial charge in [-0.15, -0.1) is 0 Å². The summed E-state index contributed by atoms with van der Waals surface area (Å²) in [5, 5.41) is 3.03. The third-order valence-corrected chi connectivity index (χ3v) is 4.03. The Morgan fingerprint density at radius 2 is 1.65 bits per heavy atom. The predicted molar refractivity (Wildman–Crippen MR) is 96.4 cm³/mol. The second-order valence-corrected chi connectivity index (χ2v) is 5.83. The number of hydrogen-bond acceptors (Lipinski definition) is 3. The van der Waals surface area contributed by atoms with Crippen molar-refractivity contribution >= 4 is 17.3 Å². The molecule has 0 atom stereocenters. The maximum atomic E-state index is 12.6. The van der Waals surface area contributed by atoms with Gasteiger partial charge < -0.3 is 10.2 Å². The molecule has 122 valence electrons. The van der Waals surface area contributed by atoms with Gasteiger partial charge in [-0.05, 0) is 51.8 Å². The number of aromatic nitrogens is 1. The number of nitrogens with zero attached hydrogens (tertiary/aromatic N) is 2. The van der Waals surface area contributed by atoms with Crippen molar-refractivity contribution in [2.24, 2.45) is 0 Å². The summed E-state index contributed by atoms with van der Waals surface area (Å²) in [7, 11) is 0. The Kier molecular flexibility index (Phi) is 5.37. The number of nitrogens with one attached hydrogen (secondary N) is 1. The number of rotatable bonds is 5. The van der Waals surface area contributed by atoms with E-state index in [2.05, 4.69) is 48.1 Å². The second-order valence-electron chi connectivity index (χ2n) is 5.83. The molecule has 0 radical (unpaired) electrons. The molecule has 2 rings (SSSR count). The van der Waals surface area contributed by atoms with E-state index in [1.54, 1.807) is 12.4 Å². The summed E-state index contributed by atoms with van der Waals surface area (Å²) in [6.07, 6.45) is 3.41. The Hall–Kier alpha value is -2.36. The lowest BCUT2D eigenvalue weighted by molar-refractivity contribution is 0.102. The third kappa shape index (κ3) is 3.89. The topological polar surface area (TPSA) is 45.2 Å². The Morgan fingerprint density at radius 1 is 1.04 bits per heavy atom. The Balaban J connectivity index is 2.27. The second kappa shape index (κ2) is 7.27. The number of carbonyl (C=O) groups excluding carboxylic acids is 1. The van der Waals surface area contributed by atoms with Crippen LogP contribution in [0.2, 0.25) is 0 Å². The molecule has 0 spiro atoms. The minimum Gasteiger partial charge on any atom is -0.371 e. The van der Waals surface area contributed by atoms with Gasteiger partial charge in [-0.25, -0.2) is 0 Å². The van der Waals surface area contributed by atoms with E-state index in [1.165, 1.54) is 5.56 Å². The molecule has 1 aromatic carbocycles. The van der Waals surface area contributed by atoms with Gasteiger partial charge in [-0.1, -0.05) is 17.7 Å². The van der Waals surface area contributed by atoms with Crippen molar-refractivity contribution in [3.05, 3.63) is 52.8 Å². The van der Waals surface area contributed by atoms with E-state index >= 15 is 0 Å². The molecule has 0 saturated heterocycles. The van der Waals surface area contributed by atoms with Crippen LogP contribution in [0, 0.1) is 20.8 Å². The van der Waals surface area contributed by atoms with E-state index in [0.717, 1.165) is 35.6 Å². The smallest absolute Gasteiger partial charge is 0.257 e. The first kappa shape index (κ1) is 17.0. The predicted octanol–water partition coefficient (Wildman–Crippen LogP) is 4.11. The quantitative estimate of drug-likeness (QED) is 0.904. The van der Waals surface area contributed by atoms with Crippen molar-refractivity contribution < 1.29 is 4.79 Å². The molecular formula is C19H25N3O. The van der Waals surface area contributed by atoms with Crippen molar-refractivity contribution in [3.8, 4) is 0 Å². The van der Waals surface area contributed by atoms with E-state index in [0.29, 0.717) is 5.56 Å². The summed E-state index contributed by atoms with van der Waals surface area (Å²) in [6.45, 7) is 12.0. The van der Waals surface area contributed by atoms with Crippen LogP contribution in [-0.4, -0.2) is 24.0 Å². The highest BCUT2D eigenvalue weighted by atomic mass is 16.1. The van der Waals surface area contributed by atoms with Crippen LogP contribution in [0.25, 0.3) is 0 Å². The first-order valence-corrected chi connectivity index (χ1v) is 8.05. The van der Waals surface area contributed by atoms with Crippen LogP contribution in [0.1, 0.15) is 40.9 Å². The minimum absolute atomic E-state index is 0.124. The van der Waals surface area contributed by atoms with Crippen molar-refractivity contribution in [1.29, 1.82) is 0 Å². The maximum Gasteiger partial charge on any atom is 0.257 e. The first-order valence-electron chi connectivity index (χ1n) is 8.05. The normalized spacial score (nSPS) is 10.5. The van der Waals surface area contributed by atoms with Crippen molar-refractivity contribution in [3.63, 3.8) is 0 Å². The molecule has 0 aliphatic rings. The number of hydrogen-bond donors (Lipinski definition) is 1. The monoisotopic (exact) mass is 311 g/mol. The number of benzene rings is 1. The van der Waals surface area contributed by atoms with Crippen LogP contribution < -0.4 is 10.2 Å². The van der Waals surface area contributed by atoms with Gasteiger partial charge >= 0.3 is 0 Å². The zero-order chi connectivity index (χ0) is 17.0. The molecule has 4 heteroatoms. The fourth-order valence-corrected chi connectivity index (χ4v) is 2.88. The Morgan fingerprint density at radius 3 is 2.22 bits per heavy atom. The van der Waals surface area contributed by atoms with Crippen LogP contribution in [0.4, 0.5) is 11.4 Å². The van der Waals surface area contributed by atoms with Gasteiger partial charge in [0.2, 0.25) is 0 Å². The van der Waals surface area contributed by atoms with Crippen LogP contribution in [0.5, 0.6) is 0 Å². The number of aryl methyl sites for hydroxylation is 3. The molecule has 0 aliphatic carbocycles. The standard InChI is InChI=1S/C19H25N3O/c1-6-22(7-2)17-10-16(11-20-12-17)19(23)21-18-14(4)8-13(3)9-15(18)5/h8-12H,6-7H2,1-5H3,(H,21,23). The SMILES string of the molecule is CCN(CC)c1cncc(C(=O)Nc2c(C)cc(C)cc2C)c1. The van der Waals surface area contributed by atoms with Gasteiger partial charge in [0.25, 0.3) is 5.91 Å². The molecule has 1 aromatic heterocycles. The highest BCUT2D eigenvalue weighted by Crippen LogP contribution is 2.23. The lowest BCUT2D eigenvalue weighted by Crippen LogP contribution is -2.23. The fraction of sp³-hybridized carbons (Fsp3) is 0.368. The molecule has 0 unspecified atom stereocenters. The summed E-state index contributed by atoms with van der Waals surface area (Å²) in [6, 6.07) is 6.05. The lowest BCUT2D eigenvalue weighted by Gasteiger charge is -2.21. The maximum absolute atomic E-state index is 12.6. The van der Waals surface area contributed by atoms with E-state index in [4.69, 9.17) is 0 Å². The summed E-state index contributed by atoms with van der Waals surface area (Å²) < 4.78 is 0. The molecule has 0 aliphatic heterocycles. The van der Waals surface area contributed by atoms with E-state index in [1.807, 2.05) is 19.9 Å². The average molecular weight is 311 g/mol. The molecule has 1 heterocycles. The zero-order valence-electron chi connectivity index (χ0n) is 14.6. The summed E-state index contributed by atoms with van der Waals surface area (Å²) >= 11 is 0. The number of carbonyl (C=O) groups is 1. The third-order valence-electron chi connectivity index (χ3n) is 4.03. The van der Waals surface area contributed by atoms with E-state index < -0.39 is 0 Å². The molecule has 0 saturated carbocycles. The fourth-order valence-electron chi connectivity index (χ4n) is 2.88. The molecule has 0 fully saturated rings. The van der Waals surface area contributed by atoms with Gasteiger partial charge in [0.1, 0.15) is 0 Å². The van der Waals surface area contributed by atoms with Crippen LogP contribution in [0.15, 0.2) is 30.6 Å². The molecule has 23 heavy (non-hydrogen) atoms. The van der Waals surface area contributed by atoms with Crippen LogP contribution >= 0.6 is 0 Å². The highest BCUT2D eigenvalue weighted by molar-refractivity contribution is 6.05. The number of amides is 1. The largest absolute Gasteiger partial charge is 0.371 e. The van der Waals surface area contributed by atoms with E-state index in [9.17, 15) is 4.79 Å². The zero-order valence-corrected chi connectivity index (χ0v) is 14.6. The Bertz CT molecular complexity index is 683. The van der Waals surface area contributed by atoms with Crippen LogP contribution in [0.3, 0.4) is 0 Å². The van der Waals surface area contributed by atoms with Gasteiger partial charge in [-0.2, -0.15) is 0 Å². The lowest BCUT2D eigenvalue weighted by atomic mass is 10.0. The van der Waals surface area contributed by atoms with Crippen molar-refractivity contribution in [2.45, 2.75) is 34.6 Å².